The van der Waals surface area contributed by atoms with Crippen molar-refractivity contribution in [3.63, 3.8) is 0 Å². The summed E-state index contributed by atoms with van der Waals surface area (Å²) in [6, 6.07) is 17.9. The summed E-state index contributed by atoms with van der Waals surface area (Å²) < 4.78 is 15.0. The van der Waals surface area contributed by atoms with Crippen LogP contribution in [0.2, 0.25) is 0 Å². The normalized spacial score (nSPS) is 10.9. The predicted molar refractivity (Wildman–Crippen MR) is 106 cm³/mol. The number of nitrogens with one attached hydrogen (secondary N) is 2. The first kappa shape index (κ1) is 18.4. The number of para-hydroxylation sites is 1. The van der Waals surface area contributed by atoms with E-state index in [0.29, 0.717) is 5.69 Å². The quantitative estimate of drug-likeness (QED) is 0.516. The van der Waals surface area contributed by atoms with Gasteiger partial charge < -0.3 is 9.88 Å². The number of hydrogen-bond acceptors (Lipinski definition) is 3. The lowest BCUT2D eigenvalue weighted by Crippen LogP contribution is -2.25. The largest absolute Gasteiger partial charge is 0.376 e. The van der Waals surface area contributed by atoms with E-state index < -0.39 is 0 Å². The summed E-state index contributed by atoms with van der Waals surface area (Å²) in [5.41, 5.74) is 7.31. The Hall–Kier alpha value is -3.41. The third-order valence-corrected chi connectivity index (χ3v) is 4.17. The van der Waals surface area contributed by atoms with E-state index in [-0.39, 0.29) is 18.3 Å². The Labute approximate surface area is 157 Å². The van der Waals surface area contributed by atoms with Crippen LogP contribution in [0.25, 0.3) is 5.69 Å². The Balaban J connectivity index is 1.60. The summed E-state index contributed by atoms with van der Waals surface area (Å²) in [7, 11) is 0. The van der Waals surface area contributed by atoms with E-state index in [1.54, 1.807) is 18.3 Å². The van der Waals surface area contributed by atoms with Gasteiger partial charge in [-0.1, -0.05) is 18.2 Å². The van der Waals surface area contributed by atoms with Gasteiger partial charge in [-0.3, -0.25) is 4.79 Å². The zero-order valence-electron chi connectivity index (χ0n) is 15.2. The van der Waals surface area contributed by atoms with Crippen LogP contribution >= 0.6 is 0 Å². The lowest BCUT2D eigenvalue weighted by atomic mass is 10.2. The molecule has 0 radical (unpaired) electrons. The van der Waals surface area contributed by atoms with Gasteiger partial charge in [0, 0.05) is 28.3 Å². The first-order valence-corrected chi connectivity index (χ1v) is 8.60. The van der Waals surface area contributed by atoms with E-state index in [0.717, 1.165) is 22.6 Å². The molecule has 0 spiro atoms. The second-order valence-corrected chi connectivity index (χ2v) is 6.15. The molecule has 0 aliphatic carbocycles. The van der Waals surface area contributed by atoms with Gasteiger partial charge in [-0.25, -0.2) is 9.82 Å². The molecule has 6 heteroatoms. The molecule has 1 aromatic heterocycles. The van der Waals surface area contributed by atoms with Crippen LogP contribution in [0.1, 0.15) is 17.0 Å². The van der Waals surface area contributed by atoms with Gasteiger partial charge in [-0.2, -0.15) is 5.10 Å². The average molecular weight is 364 g/mol. The highest BCUT2D eigenvalue weighted by Crippen LogP contribution is 2.19. The Morgan fingerprint density at radius 1 is 1.11 bits per heavy atom. The highest BCUT2D eigenvalue weighted by molar-refractivity contribution is 5.85. The molecule has 0 aliphatic heterocycles. The van der Waals surface area contributed by atoms with Crippen molar-refractivity contribution < 1.29 is 9.18 Å². The van der Waals surface area contributed by atoms with Crippen molar-refractivity contribution in [2.75, 3.05) is 11.9 Å². The predicted octanol–water partition coefficient (Wildman–Crippen LogP) is 3.80. The molecule has 0 aliphatic rings. The van der Waals surface area contributed by atoms with E-state index in [1.165, 1.54) is 12.1 Å². The van der Waals surface area contributed by atoms with Crippen LogP contribution in [-0.2, 0) is 4.79 Å². The maximum Gasteiger partial charge on any atom is 0.259 e. The molecule has 0 atom stereocenters. The van der Waals surface area contributed by atoms with E-state index in [9.17, 15) is 9.18 Å². The van der Waals surface area contributed by atoms with Gasteiger partial charge in [0.2, 0.25) is 0 Å². The van der Waals surface area contributed by atoms with Crippen molar-refractivity contribution in [1.82, 2.24) is 9.99 Å². The van der Waals surface area contributed by atoms with E-state index in [1.807, 2.05) is 50.2 Å². The maximum absolute atomic E-state index is 12.9. The van der Waals surface area contributed by atoms with Gasteiger partial charge in [-0.15, -0.1) is 0 Å². The average Bonchev–Trinajstić information content (AvgIpc) is 2.95. The molecule has 3 aromatic rings. The van der Waals surface area contributed by atoms with Gasteiger partial charge in [0.1, 0.15) is 5.82 Å². The number of rotatable bonds is 6. The third kappa shape index (κ3) is 4.61. The molecule has 0 saturated heterocycles. The van der Waals surface area contributed by atoms with Gasteiger partial charge in [-0.05, 0) is 56.3 Å². The molecule has 3 rings (SSSR count). The number of carbonyl (C=O) groups is 1. The van der Waals surface area contributed by atoms with Crippen LogP contribution in [0.15, 0.2) is 65.8 Å². The number of hydrazone groups is 1. The second kappa shape index (κ2) is 8.31. The molecule has 27 heavy (non-hydrogen) atoms. The number of halogens is 1. The molecule has 138 valence electrons. The molecular weight excluding hydrogens is 343 g/mol. The lowest BCUT2D eigenvalue weighted by molar-refractivity contribution is -0.119. The van der Waals surface area contributed by atoms with Crippen LogP contribution in [0.3, 0.4) is 0 Å². The number of amides is 1. The zero-order chi connectivity index (χ0) is 19.2. The Morgan fingerprint density at radius 2 is 1.81 bits per heavy atom. The highest BCUT2D eigenvalue weighted by Gasteiger charge is 2.09. The molecule has 1 amide bonds. The Morgan fingerprint density at radius 3 is 2.52 bits per heavy atom. The molecule has 0 saturated carbocycles. The molecule has 2 aromatic carbocycles. The molecule has 1 heterocycles. The fourth-order valence-electron chi connectivity index (χ4n) is 2.86. The fraction of sp³-hybridized carbons (Fsp3) is 0.143. The molecular formula is C21H21FN4O. The number of aryl methyl sites for hydroxylation is 1. The lowest BCUT2D eigenvalue weighted by Gasteiger charge is -2.09. The summed E-state index contributed by atoms with van der Waals surface area (Å²) in [5.74, 6) is -0.602. The first-order chi connectivity index (χ1) is 13.0. The van der Waals surface area contributed by atoms with Gasteiger partial charge in [0.05, 0.1) is 12.8 Å². The van der Waals surface area contributed by atoms with Crippen molar-refractivity contribution in [1.29, 1.82) is 0 Å². The minimum absolute atomic E-state index is 0.0476. The van der Waals surface area contributed by atoms with Crippen molar-refractivity contribution in [2.45, 2.75) is 13.8 Å². The second-order valence-electron chi connectivity index (χ2n) is 6.15. The molecule has 5 nitrogen and oxygen atoms in total. The van der Waals surface area contributed by atoms with E-state index in [2.05, 4.69) is 20.4 Å². The topological polar surface area (TPSA) is 58.4 Å². The van der Waals surface area contributed by atoms with Crippen molar-refractivity contribution in [3.8, 4) is 5.69 Å². The van der Waals surface area contributed by atoms with Crippen molar-refractivity contribution in [2.24, 2.45) is 5.10 Å². The van der Waals surface area contributed by atoms with Gasteiger partial charge in [0.15, 0.2) is 0 Å². The summed E-state index contributed by atoms with van der Waals surface area (Å²) >= 11 is 0. The summed E-state index contributed by atoms with van der Waals surface area (Å²) in [6.07, 6.45) is 1.64. The number of carbonyl (C=O) groups excluding carboxylic acids is 1. The number of nitrogens with zero attached hydrogens (tertiary/aromatic N) is 2. The fourth-order valence-corrected chi connectivity index (χ4v) is 2.86. The summed E-state index contributed by atoms with van der Waals surface area (Å²) in [4.78, 5) is 11.9. The number of anilines is 1. The van der Waals surface area contributed by atoms with Gasteiger partial charge in [0.25, 0.3) is 5.91 Å². The molecule has 0 fully saturated rings. The maximum atomic E-state index is 12.9. The Bertz CT molecular complexity index is 946. The number of benzene rings is 2. The Kier molecular flexibility index (Phi) is 5.66. The van der Waals surface area contributed by atoms with Crippen LogP contribution in [-0.4, -0.2) is 23.2 Å². The molecule has 0 bridgehead atoms. The summed E-state index contributed by atoms with van der Waals surface area (Å²) in [6.45, 7) is 4.09. The van der Waals surface area contributed by atoms with Crippen LogP contribution in [0.4, 0.5) is 10.1 Å². The van der Waals surface area contributed by atoms with E-state index in [4.69, 9.17) is 0 Å². The van der Waals surface area contributed by atoms with Crippen LogP contribution in [0.5, 0.6) is 0 Å². The minimum Gasteiger partial charge on any atom is -0.376 e. The smallest absolute Gasteiger partial charge is 0.259 e. The highest BCUT2D eigenvalue weighted by atomic mass is 19.1. The first-order valence-electron chi connectivity index (χ1n) is 8.60. The number of aromatic nitrogens is 1. The standard InChI is InChI=1S/C21H21FN4O/c1-15-12-17(16(2)26(15)20-6-4-3-5-7-20)13-24-25-21(27)14-23-19-10-8-18(22)9-11-19/h3-13,23H,14H2,1-2H3,(H,25,27)/b24-13-. The monoisotopic (exact) mass is 364 g/mol. The summed E-state index contributed by atoms with van der Waals surface area (Å²) in [5, 5.41) is 6.95. The zero-order valence-corrected chi connectivity index (χ0v) is 15.2. The molecule has 2 N–H and O–H groups in total. The number of hydrogen-bond donors (Lipinski definition) is 2. The van der Waals surface area contributed by atoms with Crippen LogP contribution < -0.4 is 10.7 Å². The van der Waals surface area contributed by atoms with Crippen molar-refractivity contribution >= 4 is 17.8 Å². The van der Waals surface area contributed by atoms with E-state index >= 15 is 0 Å². The van der Waals surface area contributed by atoms with Gasteiger partial charge >= 0.3 is 0 Å². The molecule has 0 unspecified atom stereocenters. The minimum atomic E-state index is -0.317. The van der Waals surface area contributed by atoms with Crippen molar-refractivity contribution in [3.05, 3.63) is 83.4 Å². The SMILES string of the molecule is Cc1cc(/C=N\NC(=O)CNc2ccc(F)cc2)c(C)n1-c1ccccc1. The van der Waals surface area contributed by atoms with Crippen LogP contribution in [0, 0.1) is 19.7 Å². The third-order valence-electron chi connectivity index (χ3n) is 4.17.